The van der Waals surface area contributed by atoms with Crippen molar-refractivity contribution in [3.8, 4) is 11.5 Å². The van der Waals surface area contributed by atoms with Crippen molar-refractivity contribution in [1.82, 2.24) is 20.3 Å². The van der Waals surface area contributed by atoms with Gasteiger partial charge in [-0.2, -0.15) is 0 Å². The number of nitrogens with one attached hydrogen (secondary N) is 2. The van der Waals surface area contributed by atoms with E-state index in [2.05, 4.69) is 25.6 Å². The van der Waals surface area contributed by atoms with Crippen LogP contribution in [0.1, 0.15) is 21.7 Å². The van der Waals surface area contributed by atoms with Gasteiger partial charge in [0.15, 0.2) is 11.5 Å². The summed E-state index contributed by atoms with van der Waals surface area (Å²) in [5.41, 5.74) is 2.57. The van der Waals surface area contributed by atoms with Gasteiger partial charge in [-0.3, -0.25) is 9.78 Å². The maximum atomic E-state index is 12.5. The molecule has 1 aromatic carbocycles. The number of amides is 1. The van der Waals surface area contributed by atoms with Gasteiger partial charge >= 0.3 is 0 Å². The van der Waals surface area contributed by atoms with E-state index in [1.807, 2.05) is 18.2 Å². The maximum Gasteiger partial charge on any atom is 0.270 e. The van der Waals surface area contributed by atoms with E-state index < -0.39 is 0 Å². The van der Waals surface area contributed by atoms with E-state index in [-0.39, 0.29) is 11.6 Å². The van der Waals surface area contributed by atoms with Gasteiger partial charge in [0.25, 0.3) is 5.91 Å². The predicted molar refractivity (Wildman–Crippen MR) is 105 cm³/mol. The lowest BCUT2D eigenvalue weighted by Gasteiger charge is -2.11. The van der Waals surface area contributed by atoms with Gasteiger partial charge in [-0.25, -0.2) is 9.97 Å². The number of pyridine rings is 1. The van der Waals surface area contributed by atoms with E-state index in [0.29, 0.717) is 35.4 Å². The molecule has 144 valence electrons. The predicted octanol–water partition coefficient (Wildman–Crippen LogP) is 2.87. The molecule has 0 unspecified atom stereocenters. The number of hydrogen-bond acceptors (Lipinski definition) is 7. The number of nitrogens with zero attached hydrogens (tertiary/aromatic N) is 3. The Bertz CT molecular complexity index is 963. The number of aryl methyl sites for hydroxylation is 1. The molecule has 3 rings (SSSR count). The lowest BCUT2D eigenvalue weighted by atomic mass is 10.2. The zero-order chi connectivity index (χ0) is 19.9. The fraction of sp³-hybridized carbons (Fsp3) is 0.200. The Labute approximate surface area is 163 Å². The normalized spacial score (nSPS) is 10.2. The van der Waals surface area contributed by atoms with E-state index in [1.165, 1.54) is 0 Å². The van der Waals surface area contributed by atoms with E-state index >= 15 is 0 Å². The summed E-state index contributed by atoms with van der Waals surface area (Å²) in [6.45, 7) is 2.17. The van der Waals surface area contributed by atoms with Gasteiger partial charge in [0.1, 0.15) is 5.69 Å². The second-order valence-corrected chi connectivity index (χ2v) is 5.96. The molecule has 0 saturated carbocycles. The van der Waals surface area contributed by atoms with E-state index in [4.69, 9.17) is 9.47 Å². The molecule has 8 nitrogen and oxygen atoms in total. The Morgan fingerprint density at radius 3 is 2.61 bits per heavy atom. The lowest BCUT2D eigenvalue weighted by molar-refractivity contribution is 0.0945. The third-order valence-corrected chi connectivity index (χ3v) is 3.90. The van der Waals surface area contributed by atoms with Crippen molar-refractivity contribution < 1.29 is 14.3 Å². The van der Waals surface area contributed by atoms with Crippen molar-refractivity contribution in [3.05, 3.63) is 65.7 Å². The van der Waals surface area contributed by atoms with Crippen LogP contribution in [0.5, 0.6) is 11.5 Å². The third kappa shape index (κ3) is 4.73. The highest BCUT2D eigenvalue weighted by Crippen LogP contribution is 2.30. The van der Waals surface area contributed by atoms with E-state index in [0.717, 1.165) is 5.56 Å². The number of anilines is 2. The molecule has 0 radical (unpaired) electrons. The Balaban J connectivity index is 1.75. The molecule has 8 heteroatoms. The van der Waals surface area contributed by atoms with Crippen LogP contribution in [-0.2, 0) is 6.54 Å². The lowest BCUT2D eigenvalue weighted by Crippen LogP contribution is -2.24. The quantitative estimate of drug-likeness (QED) is 0.651. The van der Waals surface area contributed by atoms with Gasteiger partial charge in [0.2, 0.25) is 5.95 Å². The SMILES string of the molecule is COc1ccc(Nc2nc(C)cc(C(=O)NCc3cccnc3)n2)cc1OC. The summed E-state index contributed by atoms with van der Waals surface area (Å²) in [7, 11) is 3.14. The molecule has 28 heavy (non-hydrogen) atoms. The number of methoxy groups -OCH3 is 2. The van der Waals surface area contributed by atoms with Crippen LogP contribution in [0.4, 0.5) is 11.6 Å². The van der Waals surface area contributed by atoms with E-state index in [1.54, 1.807) is 51.7 Å². The highest BCUT2D eigenvalue weighted by Gasteiger charge is 2.12. The Hall–Kier alpha value is -3.68. The van der Waals surface area contributed by atoms with Crippen molar-refractivity contribution in [3.63, 3.8) is 0 Å². The summed E-state index contributed by atoms with van der Waals surface area (Å²) < 4.78 is 10.5. The molecule has 0 aliphatic carbocycles. The Kier molecular flexibility index (Phi) is 6.01. The van der Waals surface area contributed by atoms with Crippen LogP contribution in [0.25, 0.3) is 0 Å². The summed E-state index contributed by atoms with van der Waals surface area (Å²) >= 11 is 0. The van der Waals surface area contributed by atoms with Gasteiger partial charge in [-0.05, 0) is 36.8 Å². The largest absolute Gasteiger partial charge is 0.493 e. The molecule has 3 aromatic rings. The summed E-state index contributed by atoms with van der Waals surface area (Å²) in [6, 6.07) is 10.7. The number of hydrogen-bond donors (Lipinski definition) is 2. The minimum absolute atomic E-state index is 0.277. The minimum atomic E-state index is -0.287. The minimum Gasteiger partial charge on any atom is -0.493 e. The average molecular weight is 379 g/mol. The number of benzene rings is 1. The van der Waals surface area contributed by atoms with Crippen LogP contribution in [-0.4, -0.2) is 35.1 Å². The summed E-state index contributed by atoms with van der Waals surface area (Å²) in [4.78, 5) is 25.2. The Morgan fingerprint density at radius 1 is 1.07 bits per heavy atom. The van der Waals surface area contributed by atoms with Crippen molar-refractivity contribution in [2.45, 2.75) is 13.5 Å². The van der Waals surface area contributed by atoms with Crippen molar-refractivity contribution in [2.75, 3.05) is 19.5 Å². The van der Waals surface area contributed by atoms with Gasteiger partial charge in [0, 0.05) is 36.4 Å². The first kappa shape index (κ1) is 19.1. The average Bonchev–Trinajstić information content (AvgIpc) is 2.72. The zero-order valence-electron chi connectivity index (χ0n) is 15.9. The van der Waals surface area contributed by atoms with Crippen molar-refractivity contribution >= 4 is 17.5 Å². The molecule has 0 aliphatic rings. The van der Waals surface area contributed by atoms with Crippen molar-refractivity contribution in [1.29, 1.82) is 0 Å². The van der Waals surface area contributed by atoms with E-state index in [9.17, 15) is 4.79 Å². The smallest absolute Gasteiger partial charge is 0.270 e. The molecule has 1 amide bonds. The molecule has 0 aliphatic heterocycles. The number of ether oxygens (including phenoxy) is 2. The standard InChI is InChI=1S/C20H21N5O3/c1-13-9-16(19(26)22-12-14-5-4-8-21-11-14)25-20(23-13)24-15-6-7-17(27-2)18(10-15)28-3/h4-11H,12H2,1-3H3,(H,22,26)(H,23,24,25). The van der Waals surface area contributed by atoms with Crippen LogP contribution in [0.3, 0.4) is 0 Å². The monoisotopic (exact) mass is 379 g/mol. The molecule has 0 atom stereocenters. The molecular weight excluding hydrogens is 358 g/mol. The second kappa shape index (κ2) is 8.81. The first-order valence-corrected chi connectivity index (χ1v) is 8.61. The fourth-order valence-corrected chi connectivity index (χ4v) is 2.56. The second-order valence-electron chi connectivity index (χ2n) is 5.96. The number of aromatic nitrogens is 3. The van der Waals surface area contributed by atoms with Crippen LogP contribution in [0.15, 0.2) is 48.8 Å². The van der Waals surface area contributed by atoms with Crippen LogP contribution in [0.2, 0.25) is 0 Å². The topological polar surface area (TPSA) is 98.3 Å². The van der Waals surface area contributed by atoms with Crippen LogP contribution < -0.4 is 20.1 Å². The maximum absolute atomic E-state index is 12.5. The summed E-state index contributed by atoms with van der Waals surface area (Å²) in [5, 5.41) is 5.93. The van der Waals surface area contributed by atoms with Crippen LogP contribution in [0, 0.1) is 6.92 Å². The van der Waals surface area contributed by atoms with Gasteiger partial charge in [-0.1, -0.05) is 6.07 Å². The molecule has 2 heterocycles. The third-order valence-electron chi connectivity index (χ3n) is 3.90. The highest BCUT2D eigenvalue weighted by atomic mass is 16.5. The molecule has 0 spiro atoms. The number of carbonyl (C=O) groups excluding carboxylic acids is 1. The van der Waals surface area contributed by atoms with Gasteiger partial charge in [-0.15, -0.1) is 0 Å². The number of rotatable bonds is 7. The summed E-state index contributed by atoms with van der Waals surface area (Å²) in [5.74, 6) is 1.23. The summed E-state index contributed by atoms with van der Waals surface area (Å²) in [6.07, 6.45) is 3.39. The molecule has 0 bridgehead atoms. The first-order valence-electron chi connectivity index (χ1n) is 8.61. The first-order chi connectivity index (χ1) is 13.6. The molecule has 2 aromatic heterocycles. The number of carbonyl (C=O) groups is 1. The zero-order valence-corrected chi connectivity index (χ0v) is 15.9. The molecule has 2 N–H and O–H groups in total. The molecule has 0 fully saturated rings. The molecular formula is C20H21N5O3. The van der Waals surface area contributed by atoms with Gasteiger partial charge in [0.05, 0.1) is 14.2 Å². The Morgan fingerprint density at radius 2 is 1.89 bits per heavy atom. The fourth-order valence-electron chi connectivity index (χ4n) is 2.56. The van der Waals surface area contributed by atoms with Crippen molar-refractivity contribution in [2.24, 2.45) is 0 Å². The van der Waals surface area contributed by atoms with Crippen LogP contribution >= 0.6 is 0 Å². The highest BCUT2D eigenvalue weighted by molar-refractivity contribution is 5.92. The molecule has 0 saturated heterocycles. The van der Waals surface area contributed by atoms with Gasteiger partial charge < -0.3 is 20.1 Å².